The highest BCUT2D eigenvalue weighted by atomic mass is 16.5. The third-order valence-corrected chi connectivity index (χ3v) is 2.69. The summed E-state index contributed by atoms with van der Waals surface area (Å²) in [6.07, 6.45) is 1.33. The van der Waals surface area contributed by atoms with Crippen molar-refractivity contribution in [2.45, 2.75) is 19.6 Å². The molecule has 1 unspecified atom stereocenters. The summed E-state index contributed by atoms with van der Waals surface area (Å²) in [5, 5.41) is 0. The lowest BCUT2D eigenvalue weighted by Crippen LogP contribution is -2.36. The van der Waals surface area contributed by atoms with Crippen LogP contribution in [0.5, 0.6) is 0 Å². The molecule has 0 radical (unpaired) electrons. The van der Waals surface area contributed by atoms with Gasteiger partial charge in [0, 0.05) is 6.54 Å². The minimum Gasteiger partial charge on any atom is -0.359 e. The van der Waals surface area contributed by atoms with Gasteiger partial charge in [0.1, 0.15) is 6.23 Å². The molecule has 1 atom stereocenters. The van der Waals surface area contributed by atoms with Crippen LogP contribution in [0.4, 0.5) is 0 Å². The van der Waals surface area contributed by atoms with Crippen molar-refractivity contribution < 1.29 is 4.74 Å². The molecule has 0 aliphatic carbocycles. The molecular formula is C12H17NO. The van der Waals surface area contributed by atoms with E-state index in [2.05, 4.69) is 36.1 Å². The third kappa shape index (κ3) is 1.97. The fraction of sp³-hybridized carbons (Fsp3) is 0.500. The summed E-state index contributed by atoms with van der Waals surface area (Å²) in [5.41, 5.74) is 1.27. The summed E-state index contributed by atoms with van der Waals surface area (Å²) in [6, 6.07) is 10.5. The molecule has 1 heterocycles. The monoisotopic (exact) mass is 191 g/mol. The minimum atomic E-state index is 0.176. The predicted molar refractivity (Wildman–Crippen MR) is 57.0 cm³/mol. The normalized spacial score (nSPS) is 23.6. The first-order chi connectivity index (χ1) is 6.92. The highest BCUT2D eigenvalue weighted by Gasteiger charge is 2.22. The molecule has 1 aliphatic heterocycles. The Morgan fingerprint density at radius 1 is 1.36 bits per heavy atom. The molecular weight excluding hydrogens is 174 g/mol. The summed E-state index contributed by atoms with van der Waals surface area (Å²) in [7, 11) is 0. The van der Waals surface area contributed by atoms with Crippen LogP contribution in [0.3, 0.4) is 0 Å². The van der Waals surface area contributed by atoms with Crippen molar-refractivity contribution >= 4 is 0 Å². The highest BCUT2D eigenvalue weighted by molar-refractivity contribution is 5.17. The van der Waals surface area contributed by atoms with Gasteiger partial charge in [-0.3, -0.25) is 4.90 Å². The Labute approximate surface area is 85.5 Å². The van der Waals surface area contributed by atoms with E-state index in [1.54, 1.807) is 0 Å². The van der Waals surface area contributed by atoms with E-state index in [9.17, 15) is 0 Å². The molecule has 0 saturated carbocycles. The van der Waals surface area contributed by atoms with Gasteiger partial charge in [-0.15, -0.1) is 0 Å². The van der Waals surface area contributed by atoms with Gasteiger partial charge in [0.25, 0.3) is 0 Å². The molecule has 0 bridgehead atoms. The quantitative estimate of drug-likeness (QED) is 0.712. The smallest absolute Gasteiger partial charge is 0.136 e. The van der Waals surface area contributed by atoms with E-state index in [1.807, 2.05) is 6.07 Å². The fourth-order valence-electron chi connectivity index (χ4n) is 1.93. The van der Waals surface area contributed by atoms with Crippen LogP contribution in [-0.2, 0) is 4.74 Å². The van der Waals surface area contributed by atoms with Crippen LogP contribution in [0, 0.1) is 0 Å². The SMILES string of the molecule is CCN1CCCOC1c1ccccc1. The Morgan fingerprint density at radius 3 is 2.86 bits per heavy atom. The van der Waals surface area contributed by atoms with Gasteiger partial charge < -0.3 is 4.74 Å². The first-order valence-corrected chi connectivity index (χ1v) is 5.32. The van der Waals surface area contributed by atoms with Crippen molar-refractivity contribution in [2.75, 3.05) is 19.7 Å². The van der Waals surface area contributed by atoms with Gasteiger partial charge >= 0.3 is 0 Å². The summed E-state index contributed by atoms with van der Waals surface area (Å²) in [6.45, 7) is 5.27. The maximum atomic E-state index is 5.79. The van der Waals surface area contributed by atoms with E-state index < -0.39 is 0 Å². The fourth-order valence-corrected chi connectivity index (χ4v) is 1.93. The molecule has 14 heavy (non-hydrogen) atoms. The van der Waals surface area contributed by atoms with Crippen LogP contribution >= 0.6 is 0 Å². The van der Waals surface area contributed by atoms with E-state index >= 15 is 0 Å². The number of rotatable bonds is 2. The topological polar surface area (TPSA) is 12.5 Å². The molecule has 1 aromatic rings. The maximum Gasteiger partial charge on any atom is 0.136 e. The van der Waals surface area contributed by atoms with Crippen LogP contribution in [0.1, 0.15) is 25.1 Å². The van der Waals surface area contributed by atoms with Gasteiger partial charge in [-0.05, 0) is 18.5 Å². The van der Waals surface area contributed by atoms with Gasteiger partial charge in [0.15, 0.2) is 0 Å². The minimum absolute atomic E-state index is 0.176. The lowest BCUT2D eigenvalue weighted by molar-refractivity contribution is -0.0959. The molecule has 2 nitrogen and oxygen atoms in total. The van der Waals surface area contributed by atoms with Crippen molar-refractivity contribution in [1.82, 2.24) is 4.90 Å². The highest BCUT2D eigenvalue weighted by Crippen LogP contribution is 2.25. The zero-order valence-electron chi connectivity index (χ0n) is 8.65. The zero-order valence-corrected chi connectivity index (χ0v) is 8.65. The largest absolute Gasteiger partial charge is 0.359 e. The molecule has 2 rings (SSSR count). The Hall–Kier alpha value is -0.860. The predicted octanol–water partition coefficient (Wildman–Crippen LogP) is 2.43. The van der Waals surface area contributed by atoms with Crippen LogP contribution in [0.25, 0.3) is 0 Å². The number of ether oxygens (including phenoxy) is 1. The number of hydrogen-bond acceptors (Lipinski definition) is 2. The summed E-state index contributed by atoms with van der Waals surface area (Å²) >= 11 is 0. The van der Waals surface area contributed by atoms with Crippen molar-refractivity contribution in [3.63, 3.8) is 0 Å². The average Bonchev–Trinajstić information content (AvgIpc) is 2.30. The molecule has 0 amide bonds. The van der Waals surface area contributed by atoms with Crippen LogP contribution in [0.2, 0.25) is 0 Å². The molecule has 0 aromatic heterocycles. The van der Waals surface area contributed by atoms with Gasteiger partial charge in [0.05, 0.1) is 6.61 Å². The first kappa shape index (κ1) is 9.69. The molecule has 1 aliphatic rings. The molecule has 76 valence electrons. The standard InChI is InChI=1S/C12H17NO/c1-2-13-9-6-10-14-12(13)11-7-4-3-5-8-11/h3-5,7-8,12H,2,6,9-10H2,1H3. The maximum absolute atomic E-state index is 5.79. The van der Waals surface area contributed by atoms with Gasteiger partial charge in [-0.25, -0.2) is 0 Å². The van der Waals surface area contributed by atoms with Crippen LogP contribution < -0.4 is 0 Å². The van der Waals surface area contributed by atoms with E-state index in [-0.39, 0.29) is 6.23 Å². The molecule has 2 heteroatoms. The Kier molecular flexibility index (Phi) is 3.17. The lowest BCUT2D eigenvalue weighted by atomic mass is 10.1. The van der Waals surface area contributed by atoms with E-state index in [1.165, 1.54) is 5.56 Å². The van der Waals surface area contributed by atoms with Crippen LogP contribution in [-0.4, -0.2) is 24.6 Å². The Morgan fingerprint density at radius 2 is 2.14 bits per heavy atom. The van der Waals surface area contributed by atoms with Crippen LogP contribution in [0.15, 0.2) is 30.3 Å². The molecule has 0 spiro atoms. The molecule has 1 saturated heterocycles. The molecule has 1 fully saturated rings. The molecule has 0 N–H and O–H groups in total. The summed E-state index contributed by atoms with van der Waals surface area (Å²) in [5.74, 6) is 0. The number of nitrogens with zero attached hydrogens (tertiary/aromatic N) is 1. The third-order valence-electron chi connectivity index (χ3n) is 2.69. The van der Waals surface area contributed by atoms with E-state index in [0.29, 0.717) is 0 Å². The van der Waals surface area contributed by atoms with Gasteiger partial charge in [0.2, 0.25) is 0 Å². The number of hydrogen-bond donors (Lipinski definition) is 0. The molecule has 1 aromatic carbocycles. The lowest BCUT2D eigenvalue weighted by Gasteiger charge is -2.34. The van der Waals surface area contributed by atoms with Gasteiger partial charge in [-0.1, -0.05) is 37.3 Å². The summed E-state index contributed by atoms with van der Waals surface area (Å²) in [4.78, 5) is 2.37. The second-order valence-electron chi connectivity index (χ2n) is 3.62. The Bertz CT molecular complexity index is 273. The second-order valence-corrected chi connectivity index (χ2v) is 3.62. The Balaban J connectivity index is 2.15. The van der Waals surface area contributed by atoms with Crippen molar-refractivity contribution in [1.29, 1.82) is 0 Å². The second kappa shape index (κ2) is 4.58. The zero-order chi connectivity index (χ0) is 9.80. The number of benzene rings is 1. The summed E-state index contributed by atoms with van der Waals surface area (Å²) < 4.78 is 5.79. The van der Waals surface area contributed by atoms with Crippen molar-refractivity contribution in [3.05, 3.63) is 35.9 Å². The van der Waals surface area contributed by atoms with Gasteiger partial charge in [-0.2, -0.15) is 0 Å². The van der Waals surface area contributed by atoms with E-state index in [0.717, 1.165) is 26.1 Å². The van der Waals surface area contributed by atoms with Crippen molar-refractivity contribution in [3.8, 4) is 0 Å². The van der Waals surface area contributed by atoms with Crippen molar-refractivity contribution in [2.24, 2.45) is 0 Å². The average molecular weight is 191 g/mol. The van der Waals surface area contributed by atoms with E-state index in [4.69, 9.17) is 4.74 Å². The first-order valence-electron chi connectivity index (χ1n) is 5.32.